The zero-order valence-electron chi connectivity index (χ0n) is 28.7. The highest BCUT2D eigenvalue weighted by atomic mass is 14.4. The molecule has 2 saturated carbocycles. The molecule has 6 unspecified atom stereocenters. The molecule has 46 heavy (non-hydrogen) atoms. The fourth-order valence-corrected chi connectivity index (χ4v) is 9.47. The molecule has 4 aromatic rings. The molecular formula is C46H50. The fourth-order valence-electron chi connectivity index (χ4n) is 9.47. The summed E-state index contributed by atoms with van der Waals surface area (Å²) in [5.74, 6) is 3.59. The Morgan fingerprint density at radius 3 is 1.28 bits per heavy atom. The van der Waals surface area contributed by atoms with Gasteiger partial charge in [0.1, 0.15) is 0 Å². The standard InChI is InChI=1S/C46H50/c1-45(2,3)35-19-21-39(43(27-35)33-23-31-17-15-29-11-7-9-13-37(29)41(31)25-33)40-22-20-36(46(4,5)6)28-44(40)34-24-32-18-16-30-12-8-10-14-38(30)42(32)26-34/h7-22,27-28,31-34,41-42H,23-26H2,1-6H3. The van der Waals surface area contributed by atoms with E-state index in [4.69, 9.17) is 0 Å². The summed E-state index contributed by atoms with van der Waals surface area (Å²) in [6, 6.07) is 33.4. The van der Waals surface area contributed by atoms with Crippen LogP contribution in [0.15, 0.2) is 97.1 Å². The number of rotatable bonds is 3. The minimum Gasteiger partial charge on any atom is -0.0802 e. The topological polar surface area (TPSA) is 0 Å². The van der Waals surface area contributed by atoms with Gasteiger partial charge in [-0.25, -0.2) is 0 Å². The number of benzene rings is 4. The number of hydrogen-bond acceptors (Lipinski definition) is 0. The van der Waals surface area contributed by atoms with Gasteiger partial charge in [-0.15, -0.1) is 0 Å². The largest absolute Gasteiger partial charge is 0.0802 e. The van der Waals surface area contributed by atoms with Gasteiger partial charge in [0.15, 0.2) is 0 Å². The van der Waals surface area contributed by atoms with Gasteiger partial charge in [0.2, 0.25) is 0 Å². The molecule has 234 valence electrons. The minimum absolute atomic E-state index is 0.116. The Morgan fingerprint density at radius 1 is 0.457 bits per heavy atom. The minimum atomic E-state index is 0.116. The second-order valence-corrected chi connectivity index (χ2v) is 17.0. The molecular weight excluding hydrogens is 553 g/mol. The van der Waals surface area contributed by atoms with Crippen molar-refractivity contribution in [2.24, 2.45) is 11.8 Å². The van der Waals surface area contributed by atoms with Crippen molar-refractivity contribution in [1.82, 2.24) is 0 Å². The van der Waals surface area contributed by atoms with Crippen LogP contribution in [-0.2, 0) is 10.8 Å². The zero-order chi connectivity index (χ0) is 31.8. The van der Waals surface area contributed by atoms with E-state index in [9.17, 15) is 0 Å². The van der Waals surface area contributed by atoms with Crippen LogP contribution in [0.3, 0.4) is 0 Å². The van der Waals surface area contributed by atoms with E-state index in [1.54, 1.807) is 22.3 Å². The first kappa shape index (κ1) is 29.7. The van der Waals surface area contributed by atoms with Crippen molar-refractivity contribution >= 4 is 12.2 Å². The lowest BCUT2D eigenvalue weighted by molar-refractivity contribution is 0.583. The number of hydrogen-bond donors (Lipinski definition) is 0. The summed E-state index contributed by atoms with van der Waals surface area (Å²) >= 11 is 0. The smallest absolute Gasteiger partial charge is 0.00869 e. The maximum absolute atomic E-state index is 2.61. The Labute approximate surface area is 277 Å². The Bertz CT molecular complexity index is 1710. The van der Waals surface area contributed by atoms with Gasteiger partial charge in [0, 0.05) is 0 Å². The van der Waals surface area contributed by atoms with Crippen molar-refractivity contribution in [3.05, 3.63) is 142 Å². The SMILES string of the molecule is CC(C)(C)c1ccc(-c2ccc(C(C)(C)C)cc2C2CC3C=Cc4ccccc4C3C2)c(C2CC3C=Cc4ccccc4C3C2)c1. The molecule has 0 nitrogen and oxygen atoms in total. The van der Waals surface area contributed by atoms with Gasteiger partial charge in [-0.2, -0.15) is 0 Å². The summed E-state index contributed by atoms with van der Waals surface area (Å²) in [5.41, 5.74) is 15.2. The molecule has 4 aromatic carbocycles. The lowest BCUT2D eigenvalue weighted by Gasteiger charge is -2.27. The summed E-state index contributed by atoms with van der Waals surface area (Å²) in [5, 5.41) is 0. The van der Waals surface area contributed by atoms with Gasteiger partial charge in [-0.1, -0.05) is 151 Å². The Morgan fingerprint density at radius 2 is 0.870 bits per heavy atom. The molecule has 0 aromatic heterocycles. The molecule has 0 amide bonds. The predicted molar refractivity (Wildman–Crippen MR) is 197 cm³/mol. The molecule has 0 N–H and O–H groups in total. The first-order valence-corrected chi connectivity index (χ1v) is 17.9. The van der Waals surface area contributed by atoms with Gasteiger partial charge in [-0.05, 0) is 128 Å². The van der Waals surface area contributed by atoms with E-state index in [1.165, 1.54) is 59.1 Å². The first-order chi connectivity index (χ1) is 22.0. The molecule has 4 aliphatic rings. The van der Waals surface area contributed by atoms with E-state index >= 15 is 0 Å². The van der Waals surface area contributed by atoms with E-state index < -0.39 is 0 Å². The third-order valence-corrected chi connectivity index (χ3v) is 12.1. The van der Waals surface area contributed by atoms with Crippen LogP contribution in [0.5, 0.6) is 0 Å². The number of allylic oxidation sites excluding steroid dienone is 2. The highest BCUT2D eigenvalue weighted by molar-refractivity contribution is 5.74. The second-order valence-electron chi connectivity index (χ2n) is 17.0. The van der Waals surface area contributed by atoms with E-state index in [-0.39, 0.29) is 10.8 Å². The molecule has 2 fully saturated rings. The van der Waals surface area contributed by atoms with Crippen molar-refractivity contribution in [3.63, 3.8) is 0 Å². The van der Waals surface area contributed by atoms with Crippen LogP contribution in [0.2, 0.25) is 0 Å². The van der Waals surface area contributed by atoms with Crippen LogP contribution >= 0.6 is 0 Å². The third-order valence-electron chi connectivity index (χ3n) is 12.1. The Hall–Kier alpha value is -3.64. The van der Waals surface area contributed by atoms with Crippen LogP contribution in [0, 0.1) is 11.8 Å². The van der Waals surface area contributed by atoms with Gasteiger partial charge >= 0.3 is 0 Å². The van der Waals surface area contributed by atoms with Crippen molar-refractivity contribution in [2.45, 2.75) is 102 Å². The normalized spacial score (nSPS) is 26.4. The van der Waals surface area contributed by atoms with Gasteiger partial charge in [0.25, 0.3) is 0 Å². The van der Waals surface area contributed by atoms with Crippen LogP contribution < -0.4 is 0 Å². The molecule has 0 aliphatic heterocycles. The first-order valence-electron chi connectivity index (χ1n) is 17.9. The number of fused-ring (bicyclic) bond motifs is 6. The third kappa shape index (κ3) is 5.13. The molecule has 0 radical (unpaired) electrons. The highest BCUT2D eigenvalue weighted by Crippen LogP contribution is 2.56. The average Bonchev–Trinajstić information content (AvgIpc) is 3.69. The van der Waals surface area contributed by atoms with Gasteiger partial charge in [-0.3, -0.25) is 0 Å². The van der Waals surface area contributed by atoms with E-state index in [1.807, 2.05) is 0 Å². The predicted octanol–water partition coefficient (Wildman–Crippen LogP) is 12.6. The maximum atomic E-state index is 2.61. The van der Waals surface area contributed by atoms with E-state index in [0.717, 1.165) is 0 Å². The van der Waals surface area contributed by atoms with Crippen LogP contribution in [0.1, 0.15) is 135 Å². The summed E-state index contributed by atoms with van der Waals surface area (Å²) in [7, 11) is 0. The monoisotopic (exact) mass is 602 g/mol. The molecule has 0 bridgehead atoms. The van der Waals surface area contributed by atoms with Crippen molar-refractivity contribution in [1.29, 1.82) is 0 Å². The summed E-state index contributed by atoms with van der Waals surface area (Å²) in [4.78, 5) is 0. The van der Waals surface area contributed by atoms with Gasteiger partial charge in [0.05, 0.1) is 0 Å². The van der Waals surface area contributed by atoms with E-state index in [0.29, 0.717) is 35.5 Å². The fraction of sp³-hybridized carbons (Fsp3) is 0.391. The summed E-state index contributed by atoms with van der Waals surface area (Å²) < 4.78 is 0. The quantitative estimate of drug-likeness (QED) is 0.219. The zero-order valence-corrected chi connectivity index (χ0v) is 28.7. The molecule has 0 heterocycles. The second kappa shape index (κ2) is 11.0. The lowest BCUT2D eigenvalue weighted by atomic mass is 9.77. The van der Waals surface area contributed by atoms with Crippen LogP contribution in [-0.4, -0.2) is 0 Å². The Kier molecular flexibility index (Phi) is 7.09. The van der Waals surface area contributed by atoms with E-state index in [2.05, 4.69) is 151 Å². The summed E-state index contributed by atoms with van der Waals surface area (Å²) in [6.07, 6.45) is 14.8. The molecule has 4 aliphatic carbocycles. The Balaban J connectivity index is 1.24. The van der Waals surface area contributed by atoms with Crippen molar-refractivity contribution in [2.75, 3.05) is 0 Å². The maximum Gasteiger partial charge on any atom is -0.00869 e. The molecule has 0 saturated heterocycles. The summed E-state index contributed by atoms with van der Waals surface area (Å²) in [6.45, 7) is 14.2. The highest BCUT2D eigenvalue weighted by Gasteiger charge is 2.40. The molecule has 0 spiro atoms. The molecule has 0 heteroatoms. The van der Waals surface area contributed by atoms with Gasteiger partial charge < -0.3 is 0 Å². The van der Waals surface area contributed by atoms with Crippen molar-refractivity contribution in [3.8, 4) is 11.1 Å². The molecule has 8 rings (SSSR count). The average molecular weight is 603 g/mol. The molecule has 6 atom stereocenters. The van der Waals surface area contributed by atoms with Crippen LogP contribution in [0.4, 0.5) is 0 Å². The lowest BCUT2D eigenvalue weighted by Crippen LogP contribution is -2.14. The van der Waals surface area contributed by atoms with Crippen molar-refractivity contribution < 1.29 is 0 Å². The van der Waals surface area contributed by atoms with Crippen LogP contribution in [0.25, 0.3) is 23.3 Å².